The van der Waals surface area contributed by atoms with E-state index in [1.807, 2.05) is 6.08 Å². The van der Waals surface area contributed by atoms with Crippen molar-refractivity contribution in [3.63, 3.8) is 0 Å². The second-order valence-electron chi connectivity index (χ2n) is 3.49. The Bertz CT molecular complexity index is 326. The molecule has 0 unspecified atom stereocenters. The molecule has 1 aliphatic carbocycles. The Morgan fingerprint density at radius 2 is 1.92 bits per heavy atom. The van der Waals surface area contributed by atoms with Gasteiger partial charge in [-0.05, 0) is 30.4 Å². The second-order valence-corrected chi connectivity index (χ2v) is 3.49. The van der Waals surface area contributed by atoms with Crippen molar-refractivity contribution in [3.8, 4) is 0 Å². The Hall–Kier alpha value is -1.08. The maximum absolute atomic E-state index is 8.79. The third kappa shape index (κ3) is 1.81. The van der Waals surface area contributed by atoms with Crippen molar-refractivity contribution in [1.29, 1.82) is 0 Å². The van der Waals surface area contributed by atoms with E-state index in [0.717, 1.165) is 19.3 Å². The Labute approximate surface area is 78.7 Å². The van der Waals surface area contributed by atoms with Crippen LogP contribution >= 0.6 is 0 Å². The normalized spacial score (nSPS) is 18.7. The lowest BCUT2D eigenvalue weighted by molar-refractivity contribution is 0.341. The summed E-state index contributed by atoms with van der Waals surface area (Å²) in [7, 11) is 0. The smallest absolute Gasteiger partial charge is 0.0615 e. The van der Waals surface area contributed by atoms with E-state index in [-0.39, 0.29) is 6.61 Å². The van der Waals surface area contributed by atoms with Crippen molar-refractivity contribution in [1.82, 2.24) is 0 Å². The number of fused-ring (bicyclic) bond motifs is 1. The fourth-order valence-corrected chi connectivity index (χ4v) is 1.91. The number of allylic oxidation sites excluding steroid dienone is 1. The molecule has 0 aromatic heterocycles. The predicted octanol–water partition coefficient (Wildman–Crippen LogP) is 2.09. The lowest BCUT2D eigenvalue weighted by atomic mass is 9.88. The molecule has 1 heteroatoms. The van der Waals surface area contributed by atoms with Crippen LogP contribution in [0.15, 0.2) is 35.9 Å². The Kier molecular flexibility index (Phi) is 2.46. The van der Waals surface area contributed by atoms with Crippen molar-refractivity contribution in [2.75, 3.05) is 6.61 Å². The summed E-state index contributed by atoms with van der Waals surface area (Å²) in [6, 6.07) is 8.56. The number of hydrogen-bond donors (Lipinski definition) is 1. The van der Waals surface area contributed by atoms with Crippen molar-refractivity contribution in [2.45, 2.75) is 19.3 Å². The highest BCUT2D eigenvalue weighted by molar-refractivity contribution is 5.35. The van der Waals surface area contributed by atoms with Crippen molar-refractivity contribution in [3.05, 3.63) is 47.0 Å². The maximum atomic E-state index is 8.79. The first-order chi connectivity index (χ1) is 6.40. The standard InChI is InChI=1S/C12H14O/c13-8-7-10-5-6-11-3-1-2-4-12(11)9-10/h1-4,7,13H,5-6,8-9H2/b10-7-. The molecular formula is C12H14O. The summed E-state index contributed by atoms with van der Waals surface area (Å²) in [4.78, 5) is 0. The summed E-state index contributed by atoms with van der Waals surface area (Å²) in [5.74, 6) is 0. The molecule has 1 aromatic carbocycles. The Morgan fingerprint density at radius 1 is 1.15 bits per heavy atom. The quantitative estimate of drug-likeness (QED) is 0.646. The minimum atomic E-state index is 0.178. The molecule has 0 heterocycles. The van der Waals surface area contributed by atoms with Gasteiger partial charge in [0.25, 0.3) is 0 Å². The number of benzene rings is 1. The average Bonchev–Trinajstić information content (AvgIpc) is 2.18. The largest absolute Gasteiger partial charge is 0.392 e. The van der Waals surface area contributed by atoms with Crippen molar-refractivity contribution in [2.24, 2.45) is 0 Å². The molecule has 1 N–H and O–H groups in total. The monoisotopic (exact) mass is 174 g/mol. The van der Waals surface area contributed by atoms with Crippen LogP contribution in [0.2, 0.25) is 0 Å². The molecule has 2 rings (SSSR count). The first kappa shape index (κ1) is 8.52. The highest BCUT2D eigenvalue weighted by Crippen LogP contribution is 2.24. The summed E-state index contributed by atoms with van der Waals surface area (Å²) in [6.45, 7) is 0.178. The van der Waals surface area contributed by atoms with Gasteiger partial charge in [0, 0.05) is 0 Å². The van der Waals surface area contributed by atoms with Gasteiger partial charge < -0.3 is 5.11 Å². The number of aliphatic hydroxyl groups is 1. The predicted molar refractivity (Wildman–Crippen MR) is 53.6 cm³/mol. The van der Waals surface area contributed by atoms with E-state index in [0.29, 0.717) is 0 Å². The van der Waals surface area contributed by atoms with E-state index in [9.17, 15) is 0 Å². The number of hydrogen-bond acceptors (Lipinski definition) is 1. The molecular weight excluding hydrogens is 160 g/mol. The zero-order valence-electron chi connectivity index (χ0n) is 7.66. The van der Waals surface area contributed by atoms with E-state index in [4.69, 9.17) is 5.11 Å². The van der Waals surface area contributed by atoms with Gasteiger partial charge in [-0.1, -0.05) is 35.9 Å². The first-order valence-electron chi connectivity index (χ1n) is 4.75. The van der Waals surface area contributed by atoms with E-state index < -0.39 is 0 Å². The van der Waals surface area contributed by atoms with Gasteiger partial charge in [0.15, 0.2) is 0 Å². The maximum Gasteiger partial charge on any atom is 0.0615 e. The van der Waals surface area contributed by atoms with Gasteiger partial charge in [-0.3, -0.25) is 0 Å². The zero-order chi connectivity index (χ0) is 9.10. The molecule has 1 aliphatic rings. The van der Waals surface area contributed by atoms with Gasteiger partial charge in [0.2, 0.25) is 0 Å². The van der Waals surface area contributed by atoms with E-state index in [1.54, 1.807) is 0 Å². The van der Waals surface area contributed by atoms with Crippen LogP contribution in [0.5, 0.6) is 0 Å². The fourth-order valence-electron chi connectivity index (χ4n) is 1.91. The summed E-state index contributed by atoms with van der Waals surface area (Å²) in [5.41, 5.74) is 4.27. The van der Waals surface area contributed by atoms with Crippen LogP contribution in [0.25, 0.3) is 0 Å². The molecule has 1 nitrogen and oxygen atoms in total. The molecule has 0 radical (unpaired) electrons. The van der Waals surface area contributed by atoms with Crippen LogP contribution in [0.1, 0.15) is 17.5 Å². The molecule has 0 fully saturated rings. The summed E-state index contributed by atoms with van der Waals surface area (Å²) in [6.07, 6.45) is 5.20. The number of aryl methyl sites for hydroxylation is 1. The van der Waals surface area contributed by atoms with E-state index in [1.165, 1.54) is 16.7 Å². The van der Waals surface area contributed by atoms with Crippen LogP contribution < -0.4 is 0 Å². The molecule has 0 amide bonds. The summed E-state index contributed by atoms with van der Waals surface area (Å²) in [5, 5.41) is 8.79. The highest BCUT2D eigenvalue weighted by atomic mass is 16.2. The summed E-state index contributed by atoms with van der Waals surface area (Å²) >= 11 is 0. The van der Waals surface area contributed by atoms with Crippen molar-refractivity contribution < 1.29 is 5.11 Å². The van der Waals surface area contributed by atoms with Gasteiger partial charge in [0.05, 0.1) is 6.61 Å². The first-order valence-corrected chi connectivity index (χ1v) is 4.75. The topological polar surface area (TPSA) is 20.2 Å². The SMILES string of the molecule is OC/C=C1/CCc2ccccc2C1. The van der Waals surface area contributed by atoms with Gasteiger partial charge in [0.1, 0.15) is 0 Å². The van der Waals surface area contributed by atoms with Crippen LogP contribution in [-0.2, 0) is 12.8 Å². The van der Waals surface area contributed by atoms with Crippen LogP contribution in [0.4, 0.5) is 0 Å². The average molecular weight is 174 g/mol. The van der Waals surface area contributed by atoms with E-state index >= 15 is 0 Å². The highest BCUT2D eigenvalue weighted by Gasteiger charge is 2.10. The third-order valence-electron chi connectivity index (χ3n) is 2.63. The van der Waals surface area contributed by atoms with E-state index in [2.05, 4.69) is 24.3 Å². The minimum Gasteiger partial charge on any atom is -0.392 e. The zero-order valence-corrected chi connectivity index (χ0v) is 7.66. The molecule has 0 aliphatic heterocycles. The van der Waals surface area contributed by atoms with Gasteiger partial charge in [-0.25, -0.2) is 0 Å². The third-order valence-corrected chi connectivity index (χ3v) is 2.63. The molecule has 0 saturated carbocycles. The van der Waals surface area contributed by atoms with Gasteiger partial charge in [-0.15, -0.1) is 0 Å². The molecule has 0 bridgehead atoms. The molecule has 0 saturated heterocycles. The molecule has 13 heavy (non-hydrogen) atoms. The summed E-state index contributed by atoms with van der Waals surface area (Å²) < 4.78 is 0. The molecule has 0 atom stereocenters. The number of rotatable bonds is 1. The second kappa shape index (κ2) is 3.75. The van der Waals surface area contributed by atoms with Crippen LogP contribution in [0, 0.1) is 0 Å². The van der Waals surface area contributed by atoms with Gasteiger partial charge >= 0.3 is 0 Å². The Morgan fingerprint density at radius 3 is 2.69 bits per heavy atom. The fraction of sp³-hybridized carbons (Fsp3) is 0.333. The molecule has 1 aromatic rings. The minimum absolute atomic E-state index is 0.178. The lowest BCUT2D eigenvalue weighted by Crippen LogP contribution is -2.05. The lowest BCUT2D eigenvalue weighted by Gasteiger charge is -2.17. The number of aliphatic hydroxyl groups excluding tert-OH is 1. The van der Waals surface area contributed by atoms with Crippen molar-refractivity contribution >= 4 is 0 Å². The van der Waals surface area contributed by atoms with Crippen LogP contribution in [0.3, 0.4) is 0 Å². The van der Waals surface area contributed by atoms with Gasteiger partial charge in [-0.2, -0.15) is 0 Å². The molecule has 68 valence electrons. The Balaban J connectivity index is 2.24. The van der Waals surface area contributed by atoms with Crippen LogP contribution in [-0.4, -0.2) is 11.7 Å². The molecule has 0 spiro atoms.